The Hall–Kier alpha value is -2.92. The first-order valence-corrected chi connectivity index (χ1v) is 7.69. The SMILES string of the molecule is O=C(Nc1ccc(F)cc1)[C@H]([NH2+]Cc1ccco1)c1ccccc1. The molecule has 0 aliphatic heterocycles. The van der Waals surface area contributed by atoms with E-state index in [4.69, 9.17) is 4.42 Å². The van der Waals surface area contributed by atoms with Gasteiger partial charge in [0.05, 0.1) is 6.26 Å². The molecule has 5 heteroatoms. The summed E-state index contributed by atoms with van der Waals surface area (Å²) in [6.07, 6.45) is 1.61. The minimum atomic E-state index is -0.429. The molecule has 3 rings (SSSR count). The molecule has 1 aromatic heterocycles. The van der Waals surface area contributed by atoms with E-state index in [9.17, 15) is 9.18 Å². The Labute approximate surface area is 139 Å². The van der Waals surface area contributed by atoms with E-state index < -0.39 is 6.04 Å². The molecule has 3 N–H and O–H groups in total. The third-order valence-electron chi connectivity index (χ3n) is 3.69. The molecule has 0 saturated heterocycles. The molecule has 0 unspecified atom stereocenters. The molecule has 0 saturated carbocycles. The second-order valence-corrected chi connectivity index (χ2v) is 5.40. The van der Waals surface area contributed by atoms with Crippen LogP contribution in [0.1, 0.15) is 17.4 Å². The highest BCUT2D eigenvalue weighted by molar-refractivity contribution is 5.94. The molecule has 0 aliphatic carbocycles. The Balaban J connectivity index is 1.75. The van der Waals surface area contributed by atoms with Crippen molar-refractivity contribution in [3.8, 4) is 0 Å². The molecule has 4 nitrogen and oxygen atoms in total. The van der Waals surface area contributed by atoms with Crippen LogP contribution in [0.3, 0.4) is 0 Å². The number of furan rings is 1. The van der Waals surface area contributed by atoms with Crippen molar-refractivity contribution in [2.24, 2.45) is 0 Å². The predicted molar refractivity (Wildman–Crippen MR) is 88.6 cm³/mol. The van der Waals surface area contributed by atoms with Crippen molar-refractivity contribution in [1.82, 2.24) is 0 Å². The lowest BCUT2D eigenvalue weighted by molar-refractivity contribution is -0.699. The molecule has 2 aromatic carbocycles. The molecule has 0 spiro atoms. The van der Waals surface area contributed by atoms with Gasteiger partial charge in [0.2, 0.25) is 0 Å². The van der Waals surface area contributed by atoms with E-state index in [0.29, 0.717) is 12.2 Å². The number of hydrogen-bond acceptors (Lipinski definition) is 2. The molecule has 1 heterocycles. The standard InChI is InChI=1S/C19H17FN2O2/c20-15-8-10-16(11-9-15)22-19(23)18(14-5-2-1-3-6-14)21-13-17-7-4-12-24-17/h1-12,18,21H,13H2,(H,22,23)/p+1/t18-/m1/s1. The van der Waals surface area contributed by atoms with Gasteiger partial charge in [-0.05, 0) is 36.4 Å². The lowest BCUT2D eigenvalue weighted by Crippen LogP contribution is -2.85. The topological polar surface area (TPSA) is 58.9 Å². The van der Waals surface area contributed by atoms with Gasteiger partial charge in [-0.1, -0.05) is 30.3 Å². The molecular formula is C19H18FN2O2+. The van der Waals surface area contributed by atoms with Crippen LogP contribution in [0.25, 0.3) is 0 Å². The van der Waals surface area contributed by atoms with Gasteiger partial charge in [-0.25, -0.2) is 4.39 Å². The van der Waals surface area contributed by atoms with Crippen LogP contribution in [-0.2, 0) is 11.3 Å². The van der Waals surface area contributed by atoms with Gasteiger partial charge < -0.3 is 15.1 Å². The summed E-state index contributed by atoms with van der Waals surface area (Å²) in [4.78, 5) is 12.7. The molecule has 1 atom stereocenters. The molecule has 0 aliphatic rings. The van der Waals surface area contributed by atoms with Crippen molar-refractivity contribution in [1.29, 1.82) is 0 Å². The first-order valence-electron chi connectivity index (χ1n) is 7.69. The Kier molecular flexibility index (Phi) is 5.03. The van der Waals surface area contributed by atoms with Crippen LogP contribution in [0.4, 0.5) is 10.1 Å². The zero-order valence-corrected chi connectivity index (χ0v) is 13.0. The quantitative estimate of drug-likeness (QED) is 0.732. The lowest BCUT2D eigenvalue weighted by atomic mass is 10.1. The fourth-order valence-electron chi connectivity index (χ4n) is 2.47. The van der Waals surface area contributed by atoms with Crippen molar-refractivity contribution >= 4 is 11.6 Å². The van der Waals surface area contributed by atoms with Crippen molar-refractivity contribution in [3.63, 3.8) is 0 Å². The maximum absolute atomic E-state index is 13.0. The average Bonchev–Trinajstić information content (AvgIpc) is 3.12. The predicted octanol–water partition coefficient (Wildman–Crippen LogP) is 2.86. The maximum atomic E-state index is 13.0. The summed E-state index contributed by atoms with van der Waals surface area (Å²) in [6.45, 7) is 0.545. The summed E-state index contributed by atoms with van der Waals surface area (Å²) in [5.41, 5.74) is 1.46. The zero-order chi connectivity index (χ0) is 16.8. The van der Waals surface area contributed by atoms with Crippen molar-refractivity contribution in [2.75, 3.05) is 5.32 Å². The third-order valence-corrected chi connectivity index (χ3v) is 3.69. The fraction of sp³-hybridized carbons (Fsp3) is 0.105. The Morgan fingerprint density at radius 1 is 1.04 bits per heavy atom. The summed E-state index contributed by atoms with van der Waals surface area (Å²) in [7, 11) is 0. The number of anilines is 1. The second kappa shape index (κ2) is 7.57. The van der Waals surface area contributed by atoms with E-state index in [1.54, 1.807) is 18.4 Å². The Bertz CT molecular complexity index is 771. The molecule has 0 fully saturated rings. The van der Waals surface area contributed by atoms with Crippen LogP contribution in [0.2, 0.25) is 0 Å². The van der Waals surface area contributed by atoms with Crippen molar-refractivity contribution in [2.45, 2.75) is 12.6 Å². The number of halogens is 1. The van der Waals surface area contributed by atoms with Gasteiger partial charge in [0, 0.05) is 11.3 Å². The number of benzene rings is 2. The third kappa shape index (κ3) is 4.08. The van der Waals surface area contributed by atoms with E-state index in [1.807, 2.05) is 47.8 Å². The summed E-state index contributed by atoms with van der Waals surface area (Å²) in [5, 5.41) is 4.74. The Morgan fingerprint density at radius 2 is 1.79 bits per heavy atom. The molecule has 0 radical (unpaired) electrons. The number of rotatable bonds is 6. The lowest BCUT2D eigenvalue weighted by Gasteiger charge is -2.15. The highest BCUT2D eigenvalue weighted by atomic mass is 19.1. The van der Waals surface area contributed by atoms with E-state index in [1.165, 1.54) is 12.1 Å². The van der Waals surface area contributed by atoms with Crippen LogP contribution in [0.15, 0.2) is 77.4 Å². The van der Waals surface area contributed by atoms with Gasteiger partial charge in [0.1, 0.15) is 12.4 Å². The highest BCUT2D eigenvalue weighted by Gasteiger charge is 2.24. The molecule has 3 aromatic rings. The summed E-state index contributed by atoms with van der Waals surface area (Å²) < 4.78 is 18.3. The van der Waals surface area contributed by atoms with E-state index in [-0.39, 0.29) is 11.7 Å². The van der Waals surface area contributed by atoms with Crippen molar-refractivity contribution in [3.05, 3.63) is 90.1 Å². The number of quaternary nitrogens is 1. The monoisotopic (exact) mass is 325 g/mol. The smallest absolute Gasteiger partial charge is 0.287 e. The van der Waals surface area contributed by atoms with Crippen LogP contribution >= 0.6 is 0 Å². The number of nitrogens with one attached hydrogen (secondary N) is 1. The van der Waals surface area contributed by atoms with Gasteiger partial charge >= 0.3 is 0 Å². The maximum Gasteiger partial charge on any atom is 0.287 e. The molecule has 24 heavy (non-hydrogen) atoms. The number of nitrogens with two attached hydrogens (primary N) is 1. The number of amides is 1. The van der Waals surface area contributed by atoms with Crippen LogP contribution < -0.4 is 10.6 Å². The molecule has 0 bridgehead atoms. The number of carbonyl (C=O) groups excluding carboxylic acids is 1. The minimum Gasteiger partial charge on any atom is -0.463 e. The first kappa shape index (κ1) is 16.0. The number of hydrogen-bond donors (Lipinski definition) is 2. The number of carbonyl (C=O) groups is 1. The van der Waals surface area contributed by atoms with Gasteiger partial charge in [-0.15, -0.1) is 0 Å². The summed E-state index contributed by atoms with van der Waals surface area (Å²) >= 11 is 0. The normalized spacial score (nSPS) is 11.9. The zero-order valence-electron chi connectivity index (χ0n) is 13.0. The Morgan fingerprint density at radius 3 is 2.46 bits per heavy atom. The van der Waals surface area contributed by atoms with Crippen LogP contribution in [0, 0.1) is 5.82 Å². The van der Waals surface area contributed by atoms with Gasteiger partial charge in [0.25, 0.3) is 5.91 Å². The summed E-state index contributed by atoms with van der Waals surface area (Å²) in [5.74, 6) is 0.293. The molecule has 122 valence electrons. The van der Waals surface area contributed by atoms with Gasteiger partial charge in [-0.3, -0.25) is 4.79 Å². The fourth-order valence-corrected chi connectivity index (χ4v) is 2.47. The summed E-state index contributed by atoms with van der Waals surface area (Å²) in [6, 6.07) is 18.5. The van der Waals surface area contributed by atoms with Crippen LogP contribution in [-0.4, -0.2) is 5.91 Å². The van der Waals surface area contributed by atoms with E-state index >= 15 is 0 Å². The molecule has 1 amide bonds. The van der Waals surface area contributed by atoms with Gasteiger partial charge in [0.15, 0.2) is 11.8 Å². The minimum absolute atomic E-state index is 0.167. The van der Waals surface area contributed by atoms with Gasteiger partial charge in [-0.2, -0.15) is 0 Å². The van der Waals surface area contributed by atoms with E-state index in [2.05, 4.69) is 5.32 Å². The largest absolute Gasteiger partial charge is 0.463 e. The second-order valence-electron chi connectivity index (χ2n) is 5.40. The molecular weight excluding hydrogens is 307 g/mol. The first-order chi connectivity index (χ1) is 11.7. The average molecular weight is 325 g/mol. The van der Waals surface area contributed by atoms with E-state index in [0.717, 1.165) is 11.3 Å². The van der Waals surface area contributed by atoms with Crippen molar-refractivity contribution < 1.29 is 18.9 Å². The highest BCUT2D eigenvalue weighted by Crippen LogP contribution is 2.14. The van der Waals surface area contributed by atoms with Crippen LogP contribution in [0.5, 0.6) is 0 Å².